The molecule has 3 aromatic rings. The van der Waals surface area contributed by atoms with Crippen molar-refractivity contribution >= 4 is 29.1 Å². The van der Waals surface area contributed by atoms with Crippen LogP contribution >= 0.6 is 11.6 Å². The Morgan fingerprint density at radius 2 is 1.96 bits per heavy atom. The first-order valence-corrected chi connectivity index (χ1v) is 9.26. The fraction of sp³-hybridized carbons (Fsp3) is 0.238. The summed E-state index contributed by atoms with van der Waals surface area (Å²) in [4.78, 5) is 11.5. The molecular formula is C21H21ClN4. The number of nitrogens with zero attached hydrogens (tertiary/aromatic N) is 3. The van der Waals surface area contributed by atoms with Gasteiger partial charge in [-0.3, -0.25) is 0 Å². The van der Waals surface area contributed by atoms with E-state index in [-0.39, 0.29) is 0 Å². The molecule has 5 heteroatoms. The maximum atomic E-state index is 6.05. The van der Waals surface area contributed by atoms with E-state index < -0.39 is 0 Å². The van der Waals surface area contributed by atoms with Crippen LogP contribution in [-0.4, -0.2) is 23.1 Å². The summed E-state index contributed by atoms with van der Waals surface area (Å²) in [5.74, 6) is 1.62. The summed E-state index contributed by atoms with van der Waals surface area (Å²) in [6, 6.07) is 18.5. The van der Waals surface area contributed by atoms with Gasteiger partial charge in [-0.25, -0.2) is 4.98 Å². The SMILES string of the molecule is Cc1cc(N2CCc3ccccc32)nc(NCCc2cccc(Cl)c2)n1. The van der Waals surface area contributed by atoms with E-state index >= 15 is 0 Å². The van der Waals surface area contributed by atoms with Gasteiger partial charge < -0.3 is 10.2 Å². The van der Waals surface area contributed by atoms with Crippen LogP contribution in [0.3, 0.4) is 0 Å². The zero-order valence-corrected chi connectivity index (χ0v) is 15.5. The monoisotopic (exact) mass is 364 g/mol. The number of hydrogen-bond acceptors (Lipinski definition) is 4. The van der Waals surface area contributed by atoms with Gasteiger partial charge in [0, 0.05) is 35.6 Å². The zero-order valence-electron chi connectivity index (χ0n) is 14.7. The minimum Gasteiger partial charge on any atom is -0.354 e. The third-order valence-corrected chi connectivity index (χ3v) is 4.83. The Morgan fingerprint density at radius 3 is 2.85 bits per heavy atom. The summed E-state index contributed by atoms with van der Waals surface area (Å²) in [5.41, 5.74) is 4.78. The molecule has 0 saturated heterocycles. The molecule has 26 heavy (non-hydrogen) atoms. The average molecular weight is 365 g/mol. The molecule has 4 rings (SSSR count). The number of para-hydroxylation sites is 1. The van der Waals surface area contributed by atoms with Crippen molar-refractivity contribution in [1.29, 1.82) is 0 Å². The average Bonchev–Trinajstić information content (AvgIpc) is 3.05. The largest absolute Gasteiger partial charge is 0.354 e. The van der Waals surface area contributed by atoms with E-state index in [4.69, 9.17) is 16.6 Å². The van der Waals surface area contributed by atoms with Crippen molar-refractivity contribution < 1.29 is 0 Å². The second-order valence-electron chi connectivity index (χ2n) is 6.53. The Hall–Kier alpha value is -2.59. The predicted octanol–water partition coefficient (Wildman–Crippen LogP) is 4.79. The van der Waals surface area contributed by atoms with Gasteiger partial charge >= 0.3 is 0 Å². The molecule has 0 aliphatic carbocycles. The number of rotatable bonds is 5. The molecule has 1 aliphatic heterocycles. The highest BCUT2D eigenvalue weighted by Crippen LogP contribution is 2.33. The van der Waals surface area contributed by atoms with Crippen molar-refractivity contribution in [2.24, 2.45) is 0 Å². The maximum absolute atomic E-state index is 6.05. The van der Waals surface area contributed by atoms with E-state index in [1.165, 1.54) is 16.8 Å². The zero-order chi connectivity index (χ0) is 17.9. The first-order valence-electron chi connectivity index (χ1n) is 8.88. The quantitative estimate of drug-likeness (QED) is 0.706. The van der Waals surface area contributed by atoms with Crippen LogP contribution in [0.5, 0.6) is 0 Å². The van der Waals surface area contributed by atoms with Crippen LogP contribution in [0.1, 0.15) is 16.8 Å². The van der Waals surface area contributed by atoms with Crippen molar-refractivity contribution in [3.63, 3.8) is 0 Å². The standard InChI is InChI=1S/C21H21ClN4/c1-15-13-20(26-12-10-17-6-2-3-8-19(17)26)25-21(24-15)23-11-9-16-5-4-7-18(22)14-16/h2-8,13-14H,9-12H2,1H3,(H,23,24,25). The topological polar surface area (TPSA) is 41.1 Å². The molecule has 0 unspecified atom stereocenters. The molecule has 1 aliphatic rings. The van der Waals surface area contributed by atoms with Crippen LogP contribution < -0.4 is 10.2 Å². The van der Waals surface area contributed by atoms with Gasteiger partial charge in [0.25, 0.3) is 0 Å². The summed E-state index contributed by atoms with van der Waals surface area (Å²) in [6.45, 7) is 3.73. The van der Waals surface area contributed by atoms with Crippen LogP contribution in [0.15, 0.2) is 54.6 Å². The second-order valence-corrected chi connectivity index (χ2v) is 6.96. The molecule has 1 N–H and O–H groups in total. The van der Waals surface area contributed by atoms with Gasteiger partial charge in [0.2, 0.25) is 5.95 Å². The van der Waals surface area contributed by atoms with Gasteiger partial charge in [0.1, 0.15) is 5.82 Å². The van der Waals surface area contributed by atoms with Crippen molar-refractivity contribution in [2.75, 3.05) is 23.3 Å². The first kappa shape index (κ1) is 16.9. The molecule has 0 spiro atoms. The Kier molecular flexibility index (Phi) is 4.76. The van der Waals surface area contributed by atoms with Crippen LogP contribution in [-0.2, 0) is 12.8 Å². The normalized spacial score (nSPS) is 12.9. The number of anilines is 3. The third-order valence-electron chi connectivity index (χ3n) is 4.59. The minimum atomic E-state index is 0.673. The van der Waals surface area contributed by atoms with E-state index in [0.29, 0.717) is 5.95 Å². The van der Waals surface area contributed by atoms with Gasteiger partial charge in [-0.1, -0.05) is 41.9 Å². The van der Waals surface area contributed by atoms with Gasteiger partial charge in [0.15, 0.2) is 0 Å². The summed E-state index contributed by atoms with van der Waals surface area (Å²) in [7, 11) is 0. The van der Waals surface area contributed by atoms with E-state index in [0.717, 1.165) is 42.5 Å². The van der Waals surface area contributed by atoms with Crippen LogP contribution in [0.25, 0.3) is 0 Å². The molecule has 4 nitrogen and oxygen atoms in total. The molecule has 0 bridgehead atoms. The Labute approximate surface area is 158 Å². The van der Waals surface area contributed by atoms with Crippen molar-refractivity contribution in [3.8, 4) is 0 Å². The lowest BCUT2D eigenvalue weighted by Crippen LogP contribution is -2.17. The first-order chi connectivity index (χ1) is 12.7. The number of aromatic nitrogens is 2. The van der Waals surface area contributed by atoms with E-state index in [1.54, 1.807) is 0 Å². The number of nitrogens with one attached hydrogen (secondary N) is 1. The molecule has 0 saturated carbocycles. The van der Waals surface area contributed by atoms with Gasteiger partial charge in [-0.05, 0) is 49.1 Å². The molecule has 2 aromatic carbocycles. The van der Waals surface area contributed by atoms with Gasteiger partial charge in [-0.15, -0.1) is 0 Å². The summed E-state index contributed by atoms with van der Waals surface area (Å²) < 4.78 is 0. The minimum absolute atomic E-state index is 0.673. The Bertz CT molecular complexity index is 925. The number of benzene rings is 2. The second kappa shape index (κ2) is 7.34. The van der Waals surface area contributed by atoms with Crippen LogP contribution in [0, 0.1) is 6.92 Å². The molecule has 0 radical (unpaired) electrons. The van der Waals surface area contributed by atoms with Crippen LogP contribution in [0.2, 0.25) is 5.02 Å². The molecule has 0 atom stereocenters. The summed E-state index contributed by atoms with van der Waals surface area (Å²) in [6.07, 6.45) is 1.93. The van der Waals surface area contributed by atoms with Gasteiger partial charge in [0.05, 0.1) is 0 Å². The fourth-order valence-corrected chi connectivity index (χ4v) is 3.57. The Morgan fingerprint density at radius 1 is 1.08 bits per heavy atom. The van der Waals surface area contributed by atoms with Crippen molar-refractivity contribution in [2.45, 2.75) is 19.8 Å². The van der Waals surface area contributed by atoms with E-state index in [2.05, 4.69) is 45.5 Å². The molecule has 2 heterocycles. The van der Waals surface area contributed by atoms with Crippen LogP contribution in [0.4, 0.5) is 17.5 Å². The summed E-state index contributed by atoms with van der Waals surface area (Å²) >= 11 is 6.05. The smallest absolute Gasteiger partial charge is 0.224 e. The molecule has 1 aromatic heterocycles. The summed E-state index contributed by atoms with van der Waals surface area (Å²) in [5, 5.41) is 4.12. The Balaban J connectivity index is 1.48. The highest BCUT2D eigenvalue weighted by atomic mass is 35.5. The highest BCUT2D eigenvalue weighted by Gasteiger charge is 2.21. The van der Waals surface area contributed by atoms with Crippen molar-refractivity contribution in [3.05, 3.63) is 76.4 Å². The molecule has 0 fully saturated rings. The number of hydrogen-bond donors (Lipinski definition) is 1. The predicted molar refractivity (Wildman–Crippen MR) is 108 cm³/mol. The number of halogens is 1. The third kappa shape index (κ3) is 3.65. The molecule has 0 amide bonds. The lowest BCUT2D eigenvalue weighted by atomic mass is 10.1. The van der Waals surface area contributed by atoms with Gasteiger partial charge in [-0.2, -0.15) is 4.98 Å². The molecular weight excluding hydrogens is 344 g/mol. The van der Waals surface area contributed by atoms with Crippen molar-refractivity contribution in [1.82, 2.24) is 9.97 Å². The van der Waals surface area contributed by atoms with E-state index in [9.17, 15) is 0 Å². The lowest BCUT2D eigenvalue weighted by Gasteiger charge is -2.19. The molecule has 132 valence electrons. The highest BCUT2D eigenvalue weighted by molar-refractivity contribution is 6.30. The number of fused-ring (bicyclic) bond motifs is 1. The van der Waals surface area contributed by atoms with E-state index in [1.807, 2.05) is 31.2 Å². The lowest BCUT2D eigenvalue weighted by molar-refractivity contribution is 0.938. The fourth-order valence-electron chi connectivity index (χ4n) is 3.36. The number of aryl methyl sites for hydroxylation is 1. The maximum Gasteiger partial charge on any atom is 0.224 e.